The lowest BCUT2D eigenvalue weighted by Crippen LogP contribution is -2.57. The van der Waals surface area contributed by atoms with Crippen LogP contribution in [0.4, 0.5) is 0 Å². The second-order valence-corrected chi connectivity index (χ2v) is 6.55. The Balaban J connectivity index is 2.44. The Kier molecular flexibility index (Phi) is 2.77. The molecule has 1 aromatic carbocycles. The van der Waals surface area contributed by atoms with Gasteiger partial charge in [0.2, 0.25) is 0 Å². The molecule has 1 aromatic rings. The summed E-state index contributed by atoms with van der Waals surface area (Å²) in [6, 6.07) is 7.68. The predicted octanol–water partition coefficient (Wildman–Crippen LogP) is 0.0655. The molecule has 0 radical (unpaired) electrons. The molecule has 16 heavy (non-hydrogen) atoms. The summed E-state index contributed by atoms with van der Waals surface area (Å²) in [7, 11) is -3.34. The Morgan fingerprint density at radius 2 is 2.00 bits per heavy atom. The third-order valence-corrected chi connectivity index (χ3v) is 5.00. The van der Waals surface area contributed by atoms with E-state index in [4.69, 9.17) is 0 Å². The summed E-state index contributed by atoms with van der Waals surface area (Å²) in [5.74, 6) is 0. The van der Waals surface area contributed by atoms with E-state index in [-0.39, 0.29) is 0 Å². The summed E-state index contributed by atoms with van der Waals surface area (Å²) in [6.45, 7) is 0.0734. The van der Waals surface area contributed by atoms with Crippen molar-refractivity contribution in [2.45, 2.75) is 17.8 Å². The summed E-state index contributed by atoms with van der Waals surface area (Å²) in [6.07, 6.45) is 1.47. The first-order valence-electron chi connectivity index (χ1n) is 5.11. The van der Waals surface area contributed by atoms with Gasteiger partial charge in [-0.05, 0) is 11.1 Å². The van der Waals surface area contributed by atoms with Gasteiger partial charge >= 0.3 is 0 Å². The molecular weight excluding hydrogens is 226 g/mol. The van der Waals surface area contributed by atoms with Gasteiger partial charge in [-0.2, -0.15) is 0 Å². The number of fused-ring (bicyclic) bond motifs is 1. The Morgan fingerprint density at radius 1 is 1.38 bits per heavy atom. The predicted molar refractivity (Wildman–Crippen MR) is 61.6 cm³/mol. The van der Waals surface area contributed by atoms with Gasteiger partial charge in [-0.3, -0.25) is 5.32 Å². The second-order valence-electron chi connectivity index (χ2n) is 4.22. The first-order chi connectivity index (χ1) is 7.48. The van der Waals surface area contributed by atoms with Crippen LogP contribution < -0.4 is 5.32 Å². The SMILES string of the molecule is CS(=O)(=O)C1(CO)Cc2ccccc2CN1. The molecule has 0 bridgehead atoms. The average molecular weight is 241 g/mol. The number of aliphatic hydroxyl groups is 1. The zero-order chi connectivity index (χ0) is 11.8. The highest BCUT2D eigenvalue weighted by Gasteiger charge is 2.42. The minimum atomic E-state index is -3.34. The number of hydrogen-bond donors (Lipinski definition) is 2. The van der Waals surface area contributed by atoms with E-state index >= 15 is 0 Å². The van der Waals surface area contributed by atoms with E-state index in [9.17, 15) is 13.5 Å². The van der Waals surface area contributed by atoms with Gasteiger partial charge in [-0.25, -0.2) is 8.42 Å². The molecule has 1 heterocycles. The van der Waals surface area contributed by atoms with Gasteiger partial charge in [-0.15, -0.1) is 0 Å². The minimum absolute atomic E-state index is 0.318. The van der Waals surface area contributed by atoms with E-state index in [1.165, 1.54) is 0 Å². The van der Waals surface area contributed by atoms with Crippen LogP contribution in [0.15, 0.2) is 24.3 Å². The minimum Gasteiger partial charge on any atom is -0.393 e. The van der Waals surface area contributed by atoms with Crippen LogP contribution in [-0.4, -0.2) is 31.3 Å². The maximum Gasteiger partial charge on any atom is 0.168 e. The molecular formula is C11H15NO3S. The highest BCUT2D eigenvalue weighted by molar-refractivity contribution is 7.92. The molecule has 1 atom stereocenters. The van der Waals surface area contributed by atoms with Crippen LogP contribution in [0.25, 0.3) is 0 Å². The first-order valence-corrected chi connectivity index (χ1v) is 7.00. The summed E-state index contributed by atoms with van der Waals surface area (Å²) < 4.78 is 23.5. The monoisotopic (exact) mass is 241 g/mol. The summed E-state index contributed by atoms with van der Waals surface area (Å²) >= 11 is 0. The third-order valence-electron chi connectivity index (χ3n) is 3.16. The summed E-state index contributed by atoms with van der Waals surface area (Å²) in [5.41, 5.74) is 2.08. The van der Waals surface area contributed by atoms with Crippen molar-refractivity contribution in [3.63, 3.8) is 0 Å². The van der Waals surface area contributed by atoms with E-state index in [2.05, 4.69) is 5.32 Å². The topological polar surface area (TPSA) is 66.4 Å². The van der Waals surface area contributed by atoms with Crippen LogP contribution in [0.5, 0.6) is 0 Å². The van der Waals surface area contributed by atoms with Gasteiger partial charge in [0.15, 0.2) is 9.84 Å². The Labute approximate surface area is 95.2 Å². The molecule has 4 nitrogen and oxygen atoms in total. The van der Waals surface area contributed by atoms with Crippen molar-refractivity contribution >= 4 is 9.84 Å². The zero-order valence-corrected chi connectivity index (χ0v) is 9.92. The van der Waals surface area contributed by atoms with Gasteiger partial charge in [0.25, 0.3) is 0 Å². The lowest BCUT2D eigenvalue weighted by molar-refractivity contribution is 0.207. The summed E-state index contributed by atoms with van der Waals surface area (Å²) in [4.78, 5) is -1.22. The highest BCUT2D eigenvalue weighted by Crippen LogP contribution is 2.26. The molecule has 1 unspecified atom stereocenters. The van der Waals surface area contributed by atoms with Crippen LogP contribution in [0.2, 0.25) is 0 Å². The van der Waals surface area contributed by atoms with Crippen molar-refractivity contribution in [2.24, 2.45) is 0 Å². The standard InChI is InChI=1S/C11H15NO3S/c1-16(14,15)11(8-13)6-9-4-2-3-5-10(9)7-12-11/h2-5,12-13H,6-8H2,1H3. The summed E-state index contributed by atoms with van der Waals surface area (Å²) in [5, 5.41) is 12.3. The van der Waals surface area contributed by atoms with E-state index in [0.717, 1.165) is 17.4 Å². The fourth-order valence-corrected chi connectivity index (χ4v) is 3.01. The van der Waals surface area contributed by atoms with Crippen molar-refractivity contribution in [1.82, 2.24) is 5.32 Å². The Bertz CT molecular complexity index is 498. The molecule has 2 rings (SSSR count). The first kappa shape index (κ1) is 11.6. The van der Waals surface area contributed by atoms with Crippen molar-refractivity contribution in [3.8, 4) is 0 Å². The molecule has 1 aliphatic rings. The van der Waals surface area contributed by atoms with Gasteiger partial charge in [0.05, 0.1) is 6.61 Å². The van der Waals surface area contributed by atoms with E-state index < -0.39 is 21.3 Å². The molecule has 5 heteroatoms. The molecule has 0 aliphatic carbocycles. The normalized spacial score (nSPS) is 25.1. The fourth-order valence-electron chi connectivity index (χ4n) is 2.02. The molecule has 2 N–H and O–H groups in total. The number of nitrogens with one attached hydrogen (secondary N) is 1. The third kappa shape index (κ3) is 1.75. The highest BCUT2D eigenvalue weighted by atomic mass is 32.2. The second kappa shape index (κ2) is 3.84. The van der Waals surface area contributed by atoms with E-state index in [1.54, 1.807) is 0 Å². The van der Waals surface area contributed by atoms with Crippen molar-refractivity contribution < 1.29 is 13.5 Å². The maximum absolute atomic E-state index is 11.7. The maximum atomic E-state index is 11.7. The molecule has 0 spiro atoms. The quantitative estimate of drug-likeness (QED) is 0.768. The smallest absolute Gasteiger partial charge is 0.168 e. The fraction of sp³-hybridized carbons (Fsp3) is 0.455. The number of benzene rings is 1. The van der Waals surface area contributed by atoms with Crippen LogP contribution in [0.1, 0.15) is 11.1 Å². The van der Waals surface area contributed by atoms with Crippen molar-refractivity contribution in [3.05, 3.63) is 35.4 Å². The van der Waals surface area contributed by atoms with Gasteiger partial charge in [-0.1, -0.05) is 24.3 Å². The van der Waals surface area contributed by atoms with E-state index in [0.29, 0.717) is 13.0 Å². The molecule has 0 amide bonds. The molecule has 1 aliphatic heterocycles. The van der Waals surface area contributed by atoms with Crippen LogP contribution in [0, 0.1) is 0 Å². The molecule has 0 saturated heterocycles. The van der Waals surface area contributed by atoms with Gasteiger partial charge in [0, 0.05) is 19.2 Å². The number of aliphatic hydroxyl groups excluding tert-OH is 1. The zero-order valence-electron chi connectivity index (χ0n) is 9.10. The van der Waals surface area contributed by atoms with E-state index in [1.807, 2.05) is 24.3 Å². The average Bonchev–Trinajstić information content (AvgIpc) is 2.27. The Morgan fingerprint density at radius 3 is 2.56 bits per heavy atom. The molecule has 0 fully saturated rings. The lowest BCUT2D eigenvalue weighted by atomic mass is 9.96. The molecule has 0 saturated carbocycles. The number of sulfone groups is 1. The van der Waals surface area contributed by atoms with Gasteiger partial charge in [0.1, 0.15) is 4.87 Å². The van der Waals surface area contributed by atoms with Crippen molar-refractivity contribution in [1.29, 1.82) is 0 Å². The van der Waals surface area contributed by atoms with Crippen LogP contribution in [0.3, 0.4) is 0 Å². The Hall–Kier alpha value is -0.910. The molecule has 0 aromatic heterocycles. The van der Waals surface area contributed by atoms with Crippen LogP contribution >= 0.6 is 0 Å². The lowest BCUT2D eigenvalue weighted by Gasteiger charge is -2.36. The number of hydrogen-bond acceptors (Lipinski definition) is 4. The van der Waals surface area contributed by atoms with Crippen molar-refractivity contribution in [2.75, 3.05) is 12.9 Å². The molecule has 88 valence electrons. The van der Waals surface area contributed by atoms with Gasteiger partial charge < -0.3 is 5.11 Å². The number of rotatable bonds is 2. The van der Waals surface area contributed by atoms with Crippen LogP contribution in [-0.2, 0) is 22.8 Å². The largest absolute Gasteiger partial charge is 0.393 e.